The number of anilines is 1. The first-order valence-electron chi connectivity index (χ1n) is 11.6. The zero-order valence-corrected chi connectivity index (χ0v) is 21.6. The smallest absolute Gasteiger partial charge is 0.321 e. The van der Waals surface area contributed by atoms with Crippen LogP contribution in [0, 0.1) is 28.4 Å². The van der Waals surface area contributed by atoms with Crippen molar-refractivity contribution in [3.63, 3.8) is 0 Å². The normalized spacial score (nSPS) is 11.8. The summed E-state index contributed by atoms with van der Waals surface area (Å²) in [5, 5.41) is 19.6. The molecule has 4 rings (SSSR count). The number of aromatic nitrogens is 2. The van der Waals surface area contributed by atoms with Gasteiger partial charge in [-0.15, -0.1) is 0 Å². The fourth-order valence-corrected chi connectivity index (χ4v) is 4.50. The summed E-state index contributed by atoms with van der Waals surface area (Å²) < 4.78 is 123. The van der Waals surface area contributed by atoms with E-state index in [1.807, 2.05) is 5.32 Å². The van der Waals surface area contributed by atoms with E-state index in [1.54, 1.807) is 0 Å². The van der Waals surface area contributed by atoms with E-state index < -0.39 is 104 Å². The van der Waals surface area contributed by atoms with Crippen LogP contribution in [0.4, 0.5) is 45.2 Å². The second-order valence-electron chi connectivity index (χ2n) is 8.76. The molecule has 0 aliphatic heterocycles. The SMILES string of the molecule is N#Cc1c(C(=O)c2cc(F)ccc2Cl)c(NC(=O)c2cc(F)cc(C(F)(F)F)c2)cc2c1n(C(F)F)c(=N)n2CC(F)F. The quantitative estimate of drug-likeness (QED) is 0.171. The van der Waals surface area contributed by atoms with Crippen molar-refractivity contribution in [2.45, 2.75) is 25.7 Å². The van der Waals surface area contributed by atoms with E-state index in [0.29, 0.717) is 22.8 Å². The molecule has 0 spiro atoms. The minimum atomic E-state index is -5.09. The maximum absolute atomic E-state index is 14.1. The Bertz CT molecular complexity index is 1890. The lowest BCUT2D eigenvalue weighted by atomic mass is 9.95. The molecule has 17 heteroatoms. The monoisotopic (exact) mass is 633 g/mol. The molecule has 7 nitrogen and oxygen atoms in total. The number of benzene rings is 3. The van der Waals surface area contributed by atoms with E-state index >= 15 is 0 Å². The maximum Gasteiger partial charge on any atom is 0.416 e. The lowest BCUT2D eigenvalue weighted by Crippen LogP contribution is -2.27. The van der Waals surface area contributed by atoms with Gasteiger partial charge >= 0.3 is 12.7 Å². The second kappa shape index (κ2) is 11.5. The summed E-state index contributed by atoms with van der Waals surface area (Å²) in [6.07, 6.45) is -8.32. The van der Waals surface area contributed by atoms with Crippen LogP contribution in [0.2, 0.25) is 5.02 Å². The van der Waals surface area contributed by atoms with E-state index in [2.05, 4.69) is 0 Å². The molecular weight excluding hydrogens is 621 g/mol. The number of nitrogens with zero attached hydrogens (tertiary/aromatic N) is 3. The molecule has 1 aromatic heterocycles. The Morgan fingerprint density at radius 2 is 1.70 bits per heavy atom. The molecule has 0 bridgehead atoms. The van der Waals surface area contributed by atoms with Crippen LogP contribution in [-0.2, 0) is 12.7 Å². The number of fused-ring (bicyclic) bond motifs is 1. The number of carbonyl (C=O) groups is 2. The average Bonchev–Trinajstić information content (AvgIpc) is 3.18. The predicted molar refractivity (Wildman–Crippen MR) is 132 cm³/mol. The number of nitrogens with one attached hydrogen (secondary N) is 2. The van der Waals surface area contributed by atoms with E-state index in [1.165, 1.54) is 6.07 Å². The fraction of sp³-hybridized carbons (Fsp3) is 0.154. The van der Waals surface area contributed by atoms with Crippen LogP contribution in [0.15, 0.2) is 42.5 Å². The van der Waals surface area contributed by atoms with Crippen LogP contribution in [0.3, 0.4) is 0 Å². The Kier molecular flexibility index (Phi) is 8.32. The number of imidazole rings is 1. The van der Waals surface area contributed by atoms with Crippen molar-refractivity contribution in [3.05, 3.63) is 92.6 Å². The van der Waals surface area contributed by atoms with Gasteiger partial charge in [0, 0.05) is 11.1 Å². The molecular formula is C26H13ClF9N5O2. The van der Waals surface area contributed by atoms with Gasteiger partial charge in [0.2, 0.25) is 5.62 Å². The minimum absolute atomic E-state index is 0.0909. The molecule has 0 radical (unpaired) electrons. The number of alkyl halides is 7. The molecule has 3 aromatic carbocycles. The number of halogens is 10. The summed E-state index contributed by atoms with van der Waals surface area (Å²) in [7, 11) is 0. The largest absolute Gasteiger partial charge is 0.416 e. The number of carbonyl (C=O) groups excluding carboxylic acids is 2. The van der Waals surface area contributed by atoms with Gasteiger partial charge < -0.3 is 9.88 Å². The summed E-state index contributed by atoms with van der Waals surface area (Å²) >= 11 is 6.01. The topological polar surface area (TPSA) is 104 Å². The molecule has 0 saturated carbocycles. The van der Waals surface area contributed by atoms with Gasteiger partial charge in [0.1, 0.15) is 17.7 Å². The highest BCUT2D eigenvalue weighted by atomic mass is 35.5. The summed E-state index contributed by atoms with van der Waals surface area (Å²) in [5.41, 5.74) is -8.77. The molecule has 43 heavy (non-hydrogen) atoms. The predicted octanol–water partition coefficient (Wildman–Crippen LogP) is 6.89. The molecule has 0 saturated heterocycles. The highest BCUT2D eigenvalue weighted by molar-refractivity contribution is 6.35. The van der Waals surface area contributed by atoms with Crippen molar-refractivity contribution in [3.8, 4) is 6.07 Å². The van der Waals surface area contributed by atoms with E-state index in [0.717, 1.165) is 12.1 Å². The van der Waals surface area contributed by atoms with Crippen molar-refractivity contribution in [1.82, 2.24) is 9.13 Å². The number of rotatable bonds is 7. The Hall–Kier alpha value is -4.78. The lowest BCUT2D eigenvalue weighted by Gasteiger charge is -2.16. The summed E-state index contributed by atoms with van der Waals surface area (Å²) in [6, 6.07) is 5.21. The standard InChI is InChI=1S/C26H13ClF9N5O2/c27-16-2-1-12(28)6-14(16)22(42)20-15(8-37)21-18(40(9-19(30)31)25(38)41(21)24(32)33)7-17(20)39-23(43)10-3-11(26(34,35)36)5-13(29)4-10/h1-7,19,24,38H,9H2,(H,39,43). The Balaban J connectivity index is 2.08. The zero-order valence-electron chi connectivity index (χ0n) is 20.8. The third kappa shape index (κ3) is 5.93. The van der Waals surface area contributed by atoms with Crippen molar-refractivity contribution in [2.24, 2.45) is 0 Å². The zero-order chi connectivity index (χ0) is 32.0. The molecule has 0 unspecified atom stereocenters. The first-order chi connectivity index (χ1) is 20.0. The van der Waals surface area contributed by atoms with E-state index in [-0.39, 0.29) is 16.7 Å². The molecule has 1 amide bonds. The van der Waals surface area contributed by atoms with Gasteiger partial charge in [-0.1, -0.05) is 11.6 Å². The Morgan fingerprint density at radius 1 is 1.02 bits per heavy atom. The van der Waals surface area contributed by atoms with Gasteiger partial charge in [0.15, 0.2) is 5.78 Å². The van der Waals surface area contributed by atoms with Gasteiger partial charge in [0.25, 0.3) is 12.3 Å². The fourth-order valence-electron chi connectivity index (χ4n) is 4.30. The van der Waals surface area contributed by atoms with Crippen LogP contribution in [0.1, 0.15) is 44.0 Å². The van der Waals surface area contributed by atoms with Gasteiger partial charge in [-0.2, -0.15) is 27.2 Å². The molecule has 0 aliphatic rings. The molecule has 4 aromatic rings. The van der Waals surface area contributed by atoms with Crippen molar-refractivity contribution < 1.29 is 49.1 Å². The number of hydrogen-bond donors (Lipinski definition) is 2. The first-order valence-corrected chi connectivity index (χ1v) is 11.9. The summed E-state index contributed by atoms with van der Waals surface area (Å²) in [6.45, 7) is -4.98. The van der Waals surface area contributed by atoms with Gasteiger partial charge in [-0.3, -0.25) is 19.6 Å². The van der Waals surface area contributed by atoms with Crippen LogP contribution in [0.25, 0.3) is 11.0 Å². The van der Waals surface area contributed by atoms with Crippen LogP contribution >= 0.6 is 11.6 Å². The third-order valence-electron chi connectivity index (χ3n) is 6.06. The maximum atomic E-state index is 14.1. The van der Waals surface area contributed by atoms with Gasteiger partial charge in [-0.25, -0.2) is 17.6 Å². The average molecular weight is 634 g/mol. The Morgan fingerprint density at radius 3 is 2.28 bits per heavy atom. The van der Waals surface area contributed by atoms with Crippen molar-refractivity contribution >= 4 is 40.0 Å². The van der Waals surface area contributed by atoms with Crippen LogP contribution < -0.4 is 10.9 Å². The summed E-state index contributed by atoms with van der Waals surface area (Å²) in [4.78, 5) is 26.7. The van der Waals surface area contributed by atoms with E-state index in [9.17, 15) is 54.4 Å². The molecule has 0 aliphatic carbocycles. The minimum Gasteiger partial charge on any atom is -0.321 e. The number of nitriles is 1. The van der Waals surface area contributed by atoms with Crippen LogP contribution in [-0.4, -0.2) is 27.3 Å². The number of amides is 1. The van der Waals surface area contributed by atoms with Crippen molar-refractivity contribution in [2.75, 3.05) is 5.32 Å². The number of hydrogen-bond acceptors (Lipinski definition) is 4. The highest BCUT2D eigenvalue weighted by Gasteiger charge is 2.33. The first kappa shape index (κ1) is 31.2. The highest BCUT2D eigenvalue weighted by Crippen LogP contribution is 2.35. The lowest BCUT2D eigenvalue weighted by molar-refractivity contribution is -0.137. The van der Waals surface area contributed by atoms with E-state index in [4.69, 9.17) is 17.0 Å². The van der Waals surface area contributed by atoms with Gasteiger partial charge in [0.05, 0.1) is 45.0 Å². The summed E-state index contributed by atoms with van der Waals surface area (Å²) in [5.74, 6) is -5.37. The molecule has 1 heterocycles. The molecule has 2 N–H and O–H groups in total. The second-order valence-corrected chi connectivity index (χ2v) is 9.17. The molecule has 0 fully saturated rings. The van der Waals surface area contributed by atoms with Crippen LogP contribution in [0.5, 0.6) is 0 Å². The van der Waals surface area contributed by atoms with Crippen molar-refractivity contribution in [1.29, 1.82) is 10.7 Å². The molecule has 224 valence electrons. The Labute approximate surface area is 238 Å². The van der Waals surface area contributed by atoms with Gasteiger partial charge in [-0.05, 0) is 42.5 Å². The molecule has 0 atom stereocenters. The third-order valence-corrected chi connectivity index (χ3v) is 6.39. The number of ketones is 1.